The second kappa shape index (κ2) is 8.19. The average molecular weight is 423 g/mol. The van der Waals surface area contributed by atoms with Gasteiger partial charge in [-0.15, -0.1) is 5.10 Å². The molecule has 7 heteroatoms. The molecule has 31 heavy (non-hydrogen) atoms. The number of nitrogens with zero attached hydrogens (tertiary/aromatic N) is 5. The standard InChI is InChI=1S/C24H34N6O/c1-7-24(5,6)30-22(26-27-28-30)21(29-12-8-9-15(2)14-29)19-13-18-16(3)10-11-17(4)20(18)25-23(19)31/h10-11,13,15,21H,7-9,12,14H2,1-6H3,(H,25,31). The molecule has 1 N–H and O–H groups in total. The van der Waals surface area contributed by atoms with Crippen LogP contribution in [0.1, 0.15) is 75.5 Å². The van der Waals surface area contributed by atoms with E-state index in [1.54, 1.807) is 0 Å². The number of rotatable bonds is 5. The number of pyridine rings is 1. The van der Waals surface area contributed by atoms with E-state index in [0.29, 0.717) is 5.92 Å². The molecule has 3 heterocycles. The summed E-state index contributed by atoms with van der Waals surface area (Å²) in [5.74, 6) is 1.32. The van der Waals surface area contributed by atoms with E-state index in [2.05, 4.69) is 78.2 Å². The molecule has 3 aromatic rings. The van der Waals surface area contributed by atoms with Gasteiger partial charge in [-0.05, 0) is 87.0 Å². The Balaban J connectivity index is 1.95. The maximum atomic E-state index is 13.4. The molecular weight excluding hydrogens is 388 g/mol. The van der Waals surface area contributed by atoms with Crippen LogP contribution in [0.4, 0.5) is 0 Å². The Morgan fingerprint density at radius 3 is 2.71 bits per heavy atom. The Bertz CT molecular complexity index is 1140. The molecule has 0 saturated carbocycles. The maximum absolute atomic E-state index is 13.4. The zero-order valence-corrected chi connectivity index (χ0v) is 19.6. The van der Waals surface area contributed by atoms with Gasteiger partial charge in [0.15, 0.2) is 5.82 Å². The number of likely N-dealkylation sites (tertiary alicyclic amines) is 1. The fourth-order valence-electron chi connectivity index (χ4n) is 4.70. The quantitative estimate of drug-likeness (QED) is 0.670. The summed E-state index contributed by atoms with van der Waals surface area (Å²) in [5.41, 5.74) is 3.55. The first-order chi connectivity index (χ1) is 14.7. The first-order valence-electron chi connectivity index (χ1n) is 11.4. The van der Waals surface area contributed by atoms with Gasteiger partial charge in [-0.25, -0.2) is 4.68 Å². The zero-order valence-electron chi connectivity index (χ0n) is 19.6. The summed E-state index contributed by atoms with van der Waals surface area (Å²) in [5, 5.41) is 14.0. The van der Waals surface area contributed by atoms with Crippen LogP contribution in [0, 0.1) is 19.8 Å². The third-order valence-electron chi connectivity index (χ3n) is 7.00. The largest absolute Gasteiger partial charge is 0.321 e. The summed E-state index contributed by atoms with van der Waals surface area (Å²) < 4.78 is 1.92. The third-order valence-corrected chi connectivity index (χ3v) is 7.00. The molecule has 0 bridgehead atoms. The smallest absolute Gasteiger partial charge is 0.253 e. The number of benzene rings is 1. The lowest BCUT2D eigenvalue weighted by molar-refractivity contribution is 0.135. The molecule has 166 valence electrons. The molecule has 2 unspecified atom stereocenters. The van der Waals surface area contributed by atoms with Crippen molar-refractivity contribution in [2.24, 2.45) is 5.92 Å². The second-order valence-electron chi connectivity index (χ2n) is 9.80. The lowest BCUT2D eigenvalue weighted by atomic mass is 9.94. The van der Waals surface area contributed by atoms with E-state index in [0.717, 1.165) is 59.3 Å². The molecule has 1 aliphatic rings. The minimum atomic E-state index is -0.281. The number of aromatic nitrogens is 5. The van der Waals surface area contributed by atoms with Gasteiger partial charge in [0.2, 0.25) is 0 Å². The van der Waals surface area contributed by atoms with Crippen LogP contribution in [0.25, 0.3) is 10.9 Å². The average Bonchev–Trinajstić information content (AvgIpc) is 3.22. The van der Waals surface area contributed by atoms with Crippen LogP contribution in [-0.2, 0) is 5.54 Å². The number of hydrogen-bond donors (Lipinski definition) is 1. The zero-order chi connectivity index (χ0) is 22.3. The van der Waals surface area contributed by atoms with Gasteiger partial charge < -0.3 is 4.98 Å². The van der Waals surface area contributed by atoms with E-state index in [-0.39, 0.29) is 17.1 Å². The SMILES string of the molecule is CCC(C)(C)n1nnnc1C(c1cc2c(C)ccc(C)c2[nH]c1=O)N1CCCC(C)C1. The Morgan fingerprint density at radius 2 is 2.00 bits per heavy atom. The first kappa shape index (κ1) is 21.7. The van der Waals surface area contributed by atoms with Crippen LogP contribution < -0.4 is 5.56 Å². The Labute approximate surface area is 183 Å². The van der Waals surface area contributed by atoms with E-state index >= 15 is 0 Å². The fourth-order valence-corrected chi connectivity index (χ4v) is 4.70. The molecule has 1 aromatic carbocycles. The van der Waals surface area contributed by atoms with Crippen molar-refractivity contribution in [3.8, 4) is 0 Å². The summed E-state index contributed by atoms with van der Waals surface area (Å²) >= 11 is 0. The summed E-state index contributed by atoms with van der Waals surface area (Å²) in [4.78, 5) is 19.0. The molecule has 2 aromatic heterocycles. The second-order valence-corrected chi connectivity index (χ2v) is 9.80. The van der Waals surface area contributed by atoms with Gasteiger partial charge in [0.25, 0.3) is 5.56 Å². The van der Waals surface area contributed by atoms with Crippen molar-refractivity contribution in [3.05, 3.63) is 51.1 Å². The van der Waals surface area contributed by atoms with Crippen LogP contribution in [0.3, 0.4) is 0 Å². The number of hydrogen-bond acceptors (Lipinski definition) is 5. The Kier molecular flexibility index (Phi) is 5.73. The highest BCUT2D eigenvalue weighted by Gasteiger charge is 2.35. The van der Waals surface area contributed by atoms with Crippen molar-refractivity contribution in [2.75, 3.05) is 13.1 Å². The fraction of sp³-hybridized carbons (Fsp3) is 0.583. The molecule has 2 atom stereocenters. The molecule has 1 saturated heterocycles. The van der Waals surface area contributed by atoms with Gasteiger partial charge in [-0.3, -0.25) is 9.69 Å². The normalized spacial score (nSPS) is 19.1. The van der Waals surface area contributed by atoms with Crippen molar-refractivity contribution < 1.29 is 0 Å². The minimum absolute atomic E-state index is 0.0618. The van der Waals surface area contributed by atoms with Crippen molar-refractivity contribution in [3.63, 3.8) is 0 Å². The molecule has 0 aliphatic carbocycles. The number of fused-ring (bicyclic) bond motifs is 1. The van der Waals surface area contributed by atoms with Crippen molar-refractivity contribution in [1.82, 2.24) is 30.1 Å². The predicted molar refractivity (Wildman–Crippen MR) is 123 cm³/mol. The molecule has 1 fully saturated rings. The van der Waals surface area contributed by atoms with E-state index in [9.17, 15) is 4.79 Å². The number of aromatic amines is 1. The number of nitrogens with one attached hydrogen (secondary N) is 1. The predicted octanol–water partition coefficient (Wildman–Crippen LogP) is 4.10. The number of tetrazole rings is 1. The first-order valence-corrected chi connectivity index (χ1v) is 11.4. The van der Waals surface area contributed by atoms with Gasteiger partial charge in [0.05, 0.1) is 11.1 Å². The van der Waals surface area contributed by atoms with Crippen LogP contribution in [0.15, 0.2) is 23.0 Å². The summed E-state index contributed by atoms with van der Waals surface area (Å²) in [7, 11) is 0. The van der Waals surface area contributed by atoms with Crippen LogP contribution in [0.5, 0.6) is 0 Å². The molecule has 0 amide bonds. The molecule has 0 spiro atoms. The summed E-state index contributed by atoms with van der Waals surface area (Å²) in [6.45, 7) is 14.7. The van der Waals surface area contributed by atoms with E-state index in [1.165, 1.54) is 6.42 Å². The minimum Gasteiger partial charge on any atom is -0.321 e. The lowest BCUT2D eigenvalue weighted by Crippen LogP contribution is -2.42. The lowest BCUT2D eigenvalue weighted by Gasteiger charge is -2.37. The van der Waals surface area contributed by atoms with Crippen molar-refractivity contribution in [2.45, 2.75) is 72.4 Å². The maximum Gasteiger partial charge on any atom is 0.253 e. The highest BCUT2D eigenvalue weighted by Crippen LogP contribution is 2.33. The number of H-pyrrole nitrogens is 1. The van der Waals surface area contributed by atoms with Gasteiger partial charge in [0, 0.05) is 17.5 Å². The molecular formula is C24H34N6O. The Hall–Kier alpha value is -2.54. The molecule has 0 radical (unpaired) electrons. The van der Waals surface area contributed by atoms with Gasteiger partial charge in [-0.2, -0.15) is 0 Å². The number of aryl methyl sites for hydroxylation is 2. The summed E-state index contributed by atoms with van der Waals surface area (Å²) in [6, 6.07) is 5.96. The number of piperidine rings is 1. The van der Waals surface area contributed by atoms with Gasteiger partial charge in [0.1, 0.15) is 6.04 Å². The van der Waals surface area contributed by atoms with E-state index in [1.807, 2.05) is 11.6 Å². The van der Waals surface area contributed by atoms with E-state index < -0.39 is 0 Å². The topological polar surface area (TPSA) is 79.7 Å². The molecule has 7 nitrogen and oxygen atoms in total. The summed E-state index contributed by atoms with van der Waals surface area (Å²) in [6.07, 6.45) is 3.21. The van der Waals surface area contributed by atoms with Gasteiger partial charge in [-0.1, -0.05) is 26.0 Å². The molecule has 4 rings (SSSR count). The van der Waals surface area contributed by atoms with Gasteiger partial charge >= 0.3 is 0 Å². The van der Waals surface area contributed by atoms with Crippen LogP contribution >= 0.6 is 0 Å². The monoisotopic (exact) mass is 422 g/mol. The van der Waals surface area contributed by atoms with E-state index in [4.69, 9.17) is 0 Å². The Morgan fingerprint density at radius 1 is 1.26 bits per heavy atom. The van der Waals surface area contributed by atoms with Crippen molar-refractivity contribution >= 4 is 10.9 Å². The molecule has 1 aliphatic heterocycles. The highest BCUT2D eigenvalue weighted by molar-refractivity contribution is 5.85. The van der Waals surface area contributed by atoms with Crippen LogP contribution in [-0.4, -0.2) is 43.2 Å². The van der Waals surface area contributed by atoms with Crippen LogP contribution in [0.2, 0.25) is 0 Å². The highest BCUT2D eigenvalue weighted by atomic mass is 16.1. The van der Waals surface area contributed by atoms with Crippen molar-refractivity contribution in [1.29, 1.82) is 0 Å². The third kappa shape index (κ3) is 3.91.